The van der Waals surface area contributed by atoms with Crippen molar-refractivity contribution in [1.29, 1.82) is 0 Å². The van der Waals surface area contributed by atoms with E-state index in [0.717, 1.165) is 6.07 Å². The quantitative estimate of drug-likeness (QED) is 0.450. The second-order valence-electron chi connectivity index (χ2n) is 2.82. The summed E-state index contributed by atoms with van der Waals surface area (Å²) in [5, 5.41) is 23.9. The number of nitrogens with zero attached hydrogens (tertiary/aromatic N) is 2. The number of rotatable bonds is 4. The highest BCUT2D eigenvalue weighted by Crippen LogP contribution is 2.32. The molecule has 0 saturated heterocycles. The lowest BCUT2D eigenvalue weighted by atomic mass is 10.1. The lowest BCUT2D eigenvalue weighted by Gasteiger charge is -2.04. The smallest absolute Gasteiger partial charge is 0.282 e. The van der Waals surface area contributed by atoms with Crippen LogP contribution in [-0.4, -0.2) is 30.4 Å². The van der Waals surface area contributed by atoms with Crippen LogP contribution < -0.4 is 10.2 Å². The van der Waals surface area contributed by atoms with Crippen LogP contribution in [0.15, 0.2) is 17.2 Å². The molecule has 0 radical (unpaired) electrons. The molecule has 0 unspecified atom stereocenters. The summed E-state index contributed by atoms with van der Waals surface area (Å²) in [7, 11) is 2.88. The van der Waals surface area contributed by atoms with Crippen molar-refractivity contribution in [3.05, 3.63) is 27.8 Å². The van der Waals surface area contributed by atoms with Crippen LogP contribution in [0.1, 0.15) is 5.56 Å². The molecular weight excluding hydrogens is 214 g/mol. The standard InChI is InChI=1S/C9H11N3O4/c1-10-11-5-6-3-8(13)9(16-2)4-7(6)12(14)15/h3-5,10,13H,1-2H3/b11-5+. The first kappa shape index (κ1) is 11.8. The third-order valence-electron chi connectivity index (χ3n) is 1.86. The minimum absolute atomic E-state index is 0.0494. The van der Waals surface area contributed by atoms with E-state index >= 15 is 0 Å². The predicted molar refractivity (Wildman–Crippen MR) is 58.0 cm³/mol. The summed E-state index contributed by atoms with van der Waals surface area (Å²) in [6.07, 6.45) is 1.25. The van der Waals surface area contributed by atoms with Crippen molar-refractivity contribution < 1.29 is 14.8 Å². The van der Waals surface area contributed by atoms with Crippen LogP contribution in [-0.2, 0) is 0 Å². The first-order valence-electron chi connectivity index (χ1n) is 4.35. The Bertz CT molecular complexity index is 431. The van der Waals surface area contributed by atoms with Gasteiger partial charge in [0.05, 0.1) is 29.9 Å². The molecule has 1 aromatic carbocycles. The molecule has 0 spiro atoms. The maximum atomic E-state index is 10.8. The predicted octanol–water partition coefficient (Wildman–Crippen LogP) is 0.862. The molecular formula is C9H11N3O4. The summed E-state index contributed by atoms with van der Waals surface area (Å²) in [5.41, 5.74) is 2.47. The van der Waals surface area contributed by atoms with Crippen molar-refractivity contribution >= 4 is 11.9 Å². The number of benzene rings is 1. The average molecular weight is 225 g/mol. The Labute approximate surface area is 91.5 Å². The van der Waals surface area contributed by atoms with E-state index in [1.165, 1.54) is 19.4 Å². The number of nitro benzene ring substituents is 1. The van der Waals surface area contributed by atoms with Gasteiger partial charge in [-0.25, -0.2) is 0 Å². The molecule has 0 saturated carbocycles. The Kier molecular flexibility index (Phi) is 3.65. The third kappa shape index (κ3) is 2.38. The zero-order chi connectivity index (χ0) is 12.1. The van der Waals surface area contributed by atoms with E-state index in [1.807, 2.05) is 0 Å². The zero-order valence-electron chi connectivity index (χ0n) is 8.80. The van der Waals surface area contributed by atoms with E-state index in [9.17, 15) is 15.2 Å². The minimum atomic E-state index is -0.570. The van der Waals surface area contributed by atoms with E-state index in [0.29, 0.717) is 0 Å². The van der Waals surface area contributed by atoms with E-state index < -0.39 is 4.92 Å². The highest BCUT2D eigenvalue weighted by Gasteiger charge is 2.17. The second kappa shape index (κ2) is 4.96. The summed E-state index contributed by atoms with van der Waals surface area (Å²) < 4.78 is 4.78. The van der Waals surface area contributed by atoms with Crippen LogP contribution in [0.4, 0.5) is 5.69 Å². The first-order chi connectivity index (χ1) is 7.60. The van der Waals surface area contributed by atoms with Crippen molar-refractivity contribution in [3.8, 4) is 11.5 Å². The fourth-order valence-corrected chi connectivity index (χ4v) is 1.13. The van der Waals surface area contributed by atoms with Crippen molar-refractivity contribution in [2.24, 2.45) is 5.10 Å². The molecule has 0 amide bonds. The number of hydrazone groups is 1. The van der Waals surface area contributed by atoms with Crippen molar-refractivity contribution in [3.63, 3.8) is 0 Å². The van der Waals surface area contributed by atoms with E-state index in [1.54, 1.807) is 7.05 Å². The van der Waals surface area contributed by atoms with Gasteiger partial charge < -0.3 is 15.3 Å². The largest absolute Gasteiger partial charge is 0.504 e. The van der Waals surface area contributed by atoms with Crippen LogP contribution in [0.3, 0.4) is 0 Å². The lowest BCUT2D eigenvalue weighted by Crippen LogP contribution is -1.99. The topological polar surface area (TPSA) is 97.0 Å². The number of hydrogen-bond donors (Lipinski definition) is 2. The number of aromatic hydroxyl groups is 1. The summed E-state index contributed by atoms with van der Waals surface area (Å²) in [6, 6.07) is 2.37. The summed E-state index contributed by atoms with van der Waals surface area (Å²) in [6.45, 7) is 0. The Morgan fingerprint density at radius 2 is 2.31 bits per heavy atom. The normalized spacial score (nSPS) is 10.4. The summed E-state index contributed by atoms with van der Waals surface area (Å²) in [5.74, 6) is -0.126. The maximum Gasteiger partial charge on any atom is 0.282 e. The van der Waals surface area contributed by atoms with Crippen LogP contribution in [0, 0.1) is 10.1 Å². The molecule has 16 heavy (non-hydrogen) atoms. The van der Waals surface area contributed by atoms with Crippen molar-refractivity contribution in [2.75, 3.05) is 14.2 Å². The van der Waals surface area contributed by atoms with Crippen LogP contribution in [0.5, 0.6) is 11.5 Å². The van der Waals surface area contributed by atoms with Crippen LogP contribution in [0.25, 0.3) is 0 Å². The molecule has 7 heteroatoms. The van der Waals surface area contributed by atoms with Gasteiger partial charge in [0.1, 0.15) is 0 Å². The number of ether oxygens (including phenoxy) is 1. The average Bonchev–Trinajstić information content (AvgIpc) is 2.25. The fourth-order valence-electron chi connectivity index (χ4n) is 1.13. The van der Waals surface area contributed by atoms with Gasteiger partial charge in [-0.15, -0.1) is 0 Å². The monoisotopic (exact) mass is 225 g/mol. The molecule has 0 aliphatic heterocycles. The summed E-state index contributed by atoms with van der Waals surface area (Å²) in [4.78, 5) is 10.2. The van der Waals surface area contributed by atoms with Gasteiger partial charge in [-0.1, -0.05) is 0 Å². The number of methoxy groups -OCH3 is 1. The molecule has 1 aromatic rings. The van der Waals surface area contributed by atoms with Gasteiger partial charge in [0.15, 0.2) is 11.5 Å². The Morgan fingerprint density at radius 3 is 2.81 bits per heavy atom. The Morgan fingerprint density at radius 1 is 1.62 bits per heavy atom. The molecule has 86 valence electrons. The number of nitrogens with one attached hydrogen (secondary N) is 1. The molecule has 0 heterocycles. The maximum absolute atomic E-state index is 10.8. The Balaban J connectivity index is 3.30. The molecule has 0 aliphatic rings. The second-order valence-corrected chi connectivity index (χ2v) is 2.82. The van der Waals surface area contributed by atoms with E-state index in [2.05, 4.69) is 10.5 Å². The molecule has 0 atom stereocenters. The highest BCUT2D eigenvalue weighted by atomic mass is 16.6. The van der Waals surface area contributed by atoms with Crippen LogP contribution >= 0.6 is 0 Å². The number of phenolic OH excluding ortho intramolecular Hbond substituents is 1. The Hall–Kier alpha value is -2.31. The van der Waals surface area contributed by atoms with Gasteiger partial charge in [0.25, 0.3) is 5.69 Å². The minimum Gasteiger partial charge on any atom is -0.504 e. The molecule has 7 nitrogen and oxygen atoms in total. The van der Waals surface area contributed by atoms with Gasteiger partial charge in [0, 0.05) is 7.05 Å². The SMILES string of the molecule is CN/N=C/c1cc(O)c(OC)cc1[N+](=O)[O-]. The summed E-state index contributed by atoms with van der Waals surface area (Å²) >= 11 is 0. The van der Waals surface area contributed by atoms with Gasteiger partial charge in [-0.2, -0.15) is 5.10 Å². The van der Waals surface area contributed by atoms with Gasteiger partial charge in [-0.05, 0) is 6.07 Å². The van der Waals surface area contributed by atoms with Gasteiger partial charge in [0.2, 0.25) is 0 Å². The molecule has 0 aromatic heterocycles. The molecule has 0 aliphatic carbocycles. The van der Waals surface area contributed by atoms with Gasteiger partial charge >= 0.3 is 0 Å². The molecule has 0 fully saturated rings. The molecule has 2 N–H and O–H groups in total. The fraction of sp³-hybridized carbons (Fsp3) is 0.222. The van der Waals surface area contributed by atoms with Gasteiger partial charge in [-0.3, -0.25) is 10.1 Å². The molecule has 0 bridgehead atoms. The lowest BCUT2D eigenvalue weighted by molar-refractivity contribution is -0.385. The highest BCUT2D eigenvalue weighted by molar-refractivity contribution is 5.86. The van der Waals surface area contributed by atoms with Crippen molar-refractivity contribution in [2.45, 2.75) is 0 Å². The van der Waals surface area contributed by atoms with Crippen LogP contribution in [0.2, 0.25) is 0 Å². The third-order valence-corrected chi connectivity index (χ3v) is 1.86. The number of nitro groups is 1. The number of hydrogen-bond acceptors (Lipinski definition) is 6. The molecule has 1 rings (SSSR count). The van der Waals surface area contributed by atoms with E-state index in [4.69, 9.17) is 4.74 Å². The van der Waals surface area contributed by atoms with Crippen molar-refractivity contribution in [1.82, 2.24) is 5.43 Å². The first-order valence-corrected chi connectivity index (χ1v) is 4.35. The zero-order valence-corrected chi connectivity index (χ0v) is 8.80. The van der Waals surface area contributed by atoms with E-state index in [-0.39, 0.29) is 22.7 Å². The number of phenols is 1.